The van der Waals surface area contributed by atoms with Crippen molar-refractivity contribution in [3.8, 4) is 5.75 Å². The molecule has 0 aromatic heterocycles. The molecule has 0 spiro atoms. The van der Waals surface area contributed by atoms with Crippen LogP contribution in [0.1, 0.15) is 18.4 Å². The molecule has 2 rings (SSSR count). The van der Waals surface area contributed by atoms with Crippen molar-refractivity contribution in [2.45, 2.75) is 25.4 Å². The molecule has 4 heteroatoms. The number of rotatable bonds is 4. The summed E-state index contributed by atoms with van der Waals surface area (Å²) in [5.41, 5.74) is 0.789. The van der Waals surface area contributed by atoms with Gasteiger partial charge in [-0.3, -0.25) is 4.79 Å². The molecule has 92 valence electrons. The van der Waals surface area contributed by atoms with Gasteiger partial charge in [-0.2, -0.15) is 0 Å². The Hall–Kier alpha value is -1.55. The maximum atomic E-state index is 10.5. The molecule has 4 nitrogen and oxygen atoms in total. The highest BCUT2D eigenvalue weighted by atomic mass is 16.5. The first-order valence-electron chi connectivity index (χ1n) is 5.79. The third-order valence-electron chi connectivity index (χ3n) is 2.75. The highest BCUT2D eigenvalue weighted by molar-refractivity contribution is 5.70. The minimum absolute atomic E-state index is 0.0531. The topological polar surface area (TPSA) is 55.8 Å². The van der Waals surface area contributed by atoms with Gasteiger partial charge in [0.25, 0.3) is 0 Å². The van der Waals surface area contributed by atoms with E-state index in [9.17, 15) is 4.79 Å². The second-order valence-corrected chi connectivity index (χ2v) is 4.14. The van der Waals surface area contributed by atoms with Gasteiger partial charge in [-0.05, 0) is 17.7 Å². The lowest BCUT2D eigenvalue weighted by molar-refractivity contribution is -0.136. The molecule has 1 aliphatic heterocycles. The second-order valence-electron chi connectivity index (χ2n) is 4.14. The number of hydrogen-bond acceptors (Lipinski definition) is 3. The molecule has 1 heterocycles. The minimum Gasteiger partial charge on any atom is -0.490 e. The molecule has 1 N–H and O–H groups in total. The van der Waals surface area contributed by atoms with Crippen molar-refractivity contribution in [3.05, 3.63) is 29.8 Å². The Balaban J connectivity index is 1.90. The number of ether oxygens (including phenoxy) is 2. The van der Waals surface area contributed by atoms with Gasteiger partial charge in [-0.15, -0.1) is 0 Å². The van der Waals surface area contributed by atoms with Gasteiger partial charge in [0.1, 0.15) is 11.9 Å². The van der Waals surface area contributed by atoms with E-state index in [1.54, 1.807) is 12.1 Å². The summed E-state index contributed by atoms with van der Waals surface area (Å²) in [6.45, 7) is 1.50. The summed E-state index contributed by atoms with van der Waals surface area (Å²) in [4.78, 5) is 10.5. The van der Waals surface area contributed by atoms with Gasteiger partial charge in [0.05, 0.1) is 19.6 Å². The van der Waals surface area contributed by atoms with Crippen molar-refractivity contribution < 1.29 is 19.4 Å². The third-order valence-corrected chi connectivity index (χ3v) is 2.75. The van der Waals surface area contributed by atoms with Crippen LogP contribution in [0.2, 0.25) is 0 Å². The molecule has 1 aromatic rings. The van der Waals surface area contributed by atoms with Crippen LogP contribution in [0.15, 0.2) is 24.3 Å². The van der Waals surface area contributed by atoms with Crippen molar-refractivity contribution in [1.29, 1.82) is 0 Å². The standard InChI is InChI=1S/C13H16O4/c14-13(15)9-10-1-3-11(4-2-10)17-12-5-7-16-8-6-12/h1-4,12H,5-9H2,(H,14,15). The van der Waals surface area contributed by atoms with E-state index in [0.717, 1.165) is 37.4 Å². The maximum Gasteiger partial charge on any atom is 0.307 e. The molecule has 1 aromatic carbocycles. The van der Waals surface area contributed by atoms with Crippen LogP contribution in [0.4, 0.5) is 0 Å². The Kier molecular flexibility index (Phi) is 3.98. The van der Waals surface area contributed by atoms with Crippen molar-refractivity contribution in [1.82, 2.24) is 0 Å². The molecule has 0 saturated carbocycles. The van der Waals surface area contributed by atoms with Gasteiger partial charge in [0.15, 0.2) is 0 Å². The summed E-state index contributed by atoms with van der Waals surface area (Å²) in [6.07, 6.45) is 2.10. The molecule has 0 atom stereocenters. The lowest BCUT2D eigenvalue weighted by atomic mass is 10.1. The molecule has 0 bridgehead atoms. The van der Waals surface area contributed by atoms with Crippen molar-refractivity contribution >= 4 is 5.97 Å². The average molecular weight is 236 g/mol. The first-order chi connectivity index (χ1) is 8.24. The summed E-state index contributed by atoms with van der Waals surface area (Å²) in [5.74, 6) is -0.0193. The zero-order chi connectivity index (χ0) is 12.1. The molecule has 0 unspecified atom stereocenters. The van der Waals surface area contributed by atoms with E-state index in [1.807, 2.05) is 12.1 Å². The monoisotopic (exact) mass is 236 g/mol. The lowest BCUT2D eigenvalue weighted by Gasteiger charge is -2.23. The maximum absolute atomic E-state index is 10.5. The SMILES string of the molecule is O=C(O)Cc1ccc(OC2CCOCC2)cc1. The average Bonchev–Trinajstić information content (AvgIpc) is 2.32. The molecule has 1 aliphatic rings. The van der Waals surface area contributed by atoms with Crippen LogP contribution >= 0.6 is 0 Å². The van der Waals surface area contributed by atoms with Gasteiger partial charge >= 0.3 is 5.97 Å². The van der Waals surface area contributed by atoms with E-state index < -0.39 is 5.97 Å². The van der Waals surface area contributed by atoms with Crippen LogP contribution in [-0.2, 0) is 16.0 Å². The summed E-state index contributed by atoms with van der Waals surface area (Å²) in [6, 6.07) is 7.24. The van der Waals surface area contributed by atoms with Crippen LogP contribution in [0.25, 0.3) is 0 Å². The van der Waals surface area contributed by atoms with Gasteiger partial charge in [-0.25, -0.2) is 0 Å². The van der Waals surface area contributed by atoms with Crippen LogP contribution < -0.4 is 4.74 Å². The summed E-state index contributed by atoms with van der Waals surface area (Å²) >= 11 is 0. The molecule has 17 heavy (non-hydrogen) atoms. The summed E-state index contributed by atoms with van der Waals surface area (Å²) in [7, 11) is 0. The third kappa shape index (κ3) is 3.75. The van der Waals surface area contributed by atoms with E-state index in [0.29, 0.717) is 0 Å². The fourth-order valence-corrected chi connectivity index (χ4v) is 1.85. The number of carboxylic acids is 1. The number of carbonyl (C=O) groups is 1. The van der Waals surface area contributed by atoms with Gasteiger partial charge < -0.3 is 14.6 Å². The second kappa shape index (κ2) is 5.68. The number of hydrogen-bond donors (Lipinski definition) is 1. The molecule has 1 fully saturated rings. The number of carboxylic acid groups (broad SMARTS) is 1. The quantitative estimate of drug-likeness (QED) is 0.867. The van der Waals surface area contributed by atoms with Gasteiger partial charge in [0, 0.05) is 12.8 Å². The summed E-state index contributed by atoms with van der Waals surface area (Å²) in [5, 5.41) is 8.65. The van der Waals surface area contributed by atoms with Crippen LogP contribution in [0.3, 0.4) is 0 Å². The van der Waals surface area contributed by atoms with Crippen molar-refractivity contribution in [3.63, 3.8) is 0 Å². The Morgan fingerprint density at radius 1 is 1.29 bits per heavy atom. The van der Waals surface area contributed by atoms with Crippen LogP contribution in [0, 0.1) is 0 Å². The van der Waals surface area contributed by atoms with Crippen molar-refractivity contribution in [2.75, 3.05) is 13.2 Å². The Labute approximate surface area is 100 Å². The zero-order valence-electron chi connectivity index (χ0n) is 9.59. The lowest BCUT2D eigenvalue weighted by Crippen LogP contribution is -2.25. The highest BCUT2D eigenvalue weighted by Crippen LogP contribution is 2.18. The molecule has 1 saturated heterocycles. The van der Waals surface area contributed by atoms with Crippen molar-refractivity contribution in [2.24, 2.45) is 0 Å². The molecule has 0 aliphatic carbocycles. The minimum atomic E-state index is -0.817. The predicted octanol–water partition coefficient (Wildman–Crippen LogP) is 1.87. The molecular weight excluding hydrogens is 220 g/mol. The molecular formula is C13H16O4. The Morgan fingerprint density at radius 3 is 2.53 bits per heavy atom. The molecule has 0 amide bonds. The van der Waals surface area contributed by atoms with E-state index in [4.69, 9.17) is 14.6 Å². The first kappa shape index (κ1) is 11.9. The van der Waals surface area contributed by atoms with E-state index in [-0.39, 0.29) is 12.5 Å². The fraction of sp³-hybridized carbons (Fsp3) is 0.462. The Bertz CT molecular complexity index is 366. The van der Waals surface area contributed by atoms with Gasteiger partial charge in [-0.1, -0.05) is 12.1 Å². The highest BCUT2D eigenvalue weighted by Gasteiger charge is 2.15. The number of aliphatic carboxylic acids is 1. The Morgan fingerprint density at radius 2 is 1.94 bits per heavy atom. The number of benzene rings is 1. The van der Waals surface area contributed by atoms with E-state index >= 15 is 0 Å². The van der Waals surface area contributed by atoms with E-state index in [1.165, 1.54) is 0 Å². The summed E-state index contributed by atoms with van der Waals surface area (Å²) < 4.78 is 11.0. The molecule has 0 radical (unpaired) electrons. The fourth-order valence-electron chi connectivity index (χ4n) is 1.85. The van der Waals surface area contributed by atoms with Crippen LogP contribution in [-0.4, -0.2) is 30.4 Å². The zero-order valence-corrected chi connectivity index (χ0v) is 9.59. The first-order valence-corrected chi connectivity index (χ1v) is 5.79. The normalized spacial score (nSPS) is 16.7. The smallest absolute Gasteiger partial charge is 0.307 e. The van der Waals surface area contributed by atoms with Crippen LogP contribution in [0.5, 0.6) is 5.75 Å². The predicted molar refractivity (Wildman–Crippen MR) is 62.3 cm³/mol. The van der Waals surface area contributed by atoms with Gasteiger partial charge in [0.2, 0.25) is 0 Å². The largest absolute Gasteiger partial charge is 0.490 e. The van der Waals surface area contributed by atoms with E-state index in [2.05, 4.69) is 0 Å².